The molecule has 0 unspecified atom stereocenters. The smallest absolute Gasteiger partial charge is 1.00 e. The second kappa shape index (κ2) is 6.40. The molecule has 3 nitrogen and oxygen atoms in total. The summed E-state index contributed by atoms with van der Waals surface area (Å²) in [6, 6.07) is 6.73. The van der Waals surface area contributed by atoms with Gasteiger partial charge < -0.3 is 11.9 Å². The average molecular weight is 210 g/mol. The second-order valence-electron chi connectivity index (χ2n) is 2.11. The number of hydrogen-bond donors (Lipinski definition) is 1. The third-order valence-corrected chi connectivity index (χ3v) is 1.54. The Bertz CT molecular complexity index is 298. The van der Waals surface area contributed by atoms with Crippen molar-refractivity contribution in [3.63, 3.8) is 0 Å². The number of benzene rings is 1. The molecule has 0 aliphatic carbocycles. The maximum Gasteiger partial charge on any atom is 1.00 e. The number of para-hydroxylation sites is 1. The number of carbonyl (C=O) groups excluding carboxylic acids is 1. The topological polar surface area (TPSA) is 52.3 Å². The fourth-order valence-corrected chi connectivity index (χ4v) is 0.866. The Morgan fingerprint density at radius 1 is 1.54 bits per heavy atom. The van der Waals surface area contributed by atoms with Crippen molar-refractivity contribution >= 4 is 17.6 Å². The molecular formula is C8H9ClNNaO2. The van der Waals surface area contributed by atoms with E-state index in [1.807, 2.05) is 0 Å². The normalized spacial score (nSPS) is 8.77. The van der Waals surface area contributed by atoms with E-state index in [9.17, 15) is 4.79 Å². The van der Waals surface area contributed by atoms with E-state index in [0.29, 0.717) is 10.8 Å². The average Bonchev–Trinajstić information content (AvgIpc) is 2.09. The molecule has 1 rings (SSSR count). The van der Waals surface area contributed by atoms with Gasteiger partial charge in [-0.15, -0.1) is 0 Å². The summed E-state index contributed by atoms with van der Waals surface area (Å²) in [5, 5.41) is 0.402. The Morgan fingerprint density at radius 2 is 2.15 bits per heavy atom. The fourth-order valence-electron chi connectivity index (χ4n) is 0.692. The van der Waals surface area contributed by atoms with Gasteiger partial charge in [0.05, 0.1) is 11.6 Å². The van der Waals surface area contributed by atoms with Crippen molar-refractivity contribution in [2.75, 3.05) is 6.54 Å². The first kappa shape index (κ1) is 12.9. The predicted octanol–water partition coefficient (Wildman–Crippen LogP) is -1.68. The van der Waals surface area contributed by atoms with Crippen molar-refractivity contribution in [2.24, 2.45) is 5.73 Å². The Labute approximate surface area is 105 Å². The monoisotopic (exact) mass is 209 g/mol. The molecule has 0 fully saturated rings. The van der Waals surface area contributed by atoms with Crippen molar-refractivity contribution in [1.29, 1.82) is 0 Å². The quantitative estimate of drug-likeness (QED) is 0.360. The van der Waals surface area contributed by atoms with E-state index in [1.54, 1.807) is 24.3 Å². The Balaban J connectivity index is 0. The molecule has 66 valence electrons. The van der Waals surface area contributed by atoms with Crippen molar-refractivity contribution in [2.45, 2.75) is 0 Å². The maximum absolute atomic E-state index is 10.7. The van der Waals surface area contributed by atoms with E-state index in [2.05, 4.69) is 0 Å². The molecule has 0 aliphatic rings. The molecule has 5 heteroatoms. The Morgan fingerprint density at radius 3 is 2.69 bits per heavy atom. The van der Waals surface area contributed by atoms with Gasteiger partial charge in [-0.3, -0.25) is 4.79 Å². The van der Waals surface area contributed by atoms with Crippen LogP contribution >= 0.6 is 11.6 Å². The number of rotatable bonds is 2. The molecule has 0 bridgehead atoms. The molecule has 0 radical (unpaired) electrons. The zero-order valence-electron chi connectivity index (χ0n) is 8.29. The van der Waals surface area contributed by atoms with Crippen LogP contribution in [0.2, 0.25) is 5.02 Å². The molecule has 0 atom stereocenters. The van der Waals surface area contributed by atoms with Crippen molar-refractivity contribution in [1.82, 2.24) is 0 Å². The molecule has 13 heavy (non-hydrogen) atoms. The van der Waals surface area contributed by atoms with Crippen LogP contribution in [-0.2, 0) is 4.79 Å². The minimum Gasteiger partial charge on any atom is -1.00 e. The molecule has 1 aromatic carbocycles. The van der Waals surface area contributed by atoms with Gasteiger partial charge in [0.2, 0.25) is 0 Å². The van der Waals surface area contributed by atoms with Gasteiger partial charge in [0, 0.05) is 0 Å². The Hall–Kier alpha value is -0.0600. The van der Waals surface area contributed by atoms with Crippen LogP contribution in [0.1, 0.15) is 1.43 Å². The van der Waals surface area contributed by atoms with Gasteiger partial charge in [0.25, 0.3) is 0 Å². The first-order valence-electron chi connectivity index (χ1n) is 3.39. The van der Waals surface area contributed by atoms with Crippen molar-refractivity contribution in [3.8, 4) is 5.75 Å². The summed E-state index contributed by atoms with van der Waals surface area (Å²) < 4.78 is 4.80. The van der Waals surface area contributed by atoms with Crippen LogP contribution in [0.5, 0.6) is 5.75 Å². The van der Waals surface area contributed by atoms with E-state index in [-0.39, 0.29) is 37.5 Å². The van der Waals surface area contributed by atoms with Gasteiger partial charge >= 0.3 is 35.5 Å². The van der Waals surface area contributed by atoms with Crippen LogP contribution in [0.4, 0.5) is 0 Å². The van der Waals surface area contributed by atoms with Crippen molar-refractivity contribution < 1.29 is 40.5 Å². The summed E-state index contributed by atoms with van der Waals surface area (Å²) in [5.74, 6) is -0.155. The molecule has 2 N–H and O–H groups in total. The van der Waals surface area contributed by atoms with E-state index in [1.165, 1.54) is 0 Å². The van der Waals surface area contributed by atoms with E-state index in [4.69, 9.17) is 22.1 Å². The fraction of sp³-hybridized carbons (Fsp3) is 0.125. The molecule has 0 saturated heterocycles. The summed E-state index contributed by atoms with van der Waals surface area (Å²) in [7, 11) is 0. The van der Waals surface area contributed by atoms with Gasteiger partial charge in [0.15, 0.2) is 0 Å². The van der Waals surface area contributed by atoms with Crippen LogP contribution < -0.4 is 40.0 Å². The SMILES string of the molecule is NCC(=O)Oc1ccccc1Cl.[H-].[Na+]. The number of esters is 1. The molecular weight excluding hydrogens is 201 g/mol. The minimum atomic E-state index is -0.497. The second-order valence-corrected chi connectivity index (χ2v) is 2.52. The standard InChI is InChI=1S/C8H8ClNO2.Na.H/c9-6-3-1-2-4-7(6)12-8(11)5-10;;/h1-4H,5,10H2;;/q;+1;-1. The van der Waals surface area contributed by atoms with Gasteiger partial charge in [0.1, 0.15) is 5.75 Å². The predicted molar refractivity (Wildman–Crippen MR) is 47.3 cm³/mol. The molecule has 1 aromatic rings. The number of nitrogens with two attached hydrogens (primary N) is 1. The van der Waals surface area contributed by atoms with Crippen LogP contribution in [0.3, 0.4) is 0 Å². The Kier molecular flexibility index (Phi) is 6.37. The third kappa shape index (κ3) is 4.11. The third-order valence-electron chi connectivity index (χ3n) is 1.23. The molecule has 0 aromatic heterocycles. The van der Waals surface area contributed by atoms with E-state index >= 15 is 0 Å². The van der Waals surface area contributed by atoms with Gasteiger partial charge in [-0.05, 0) is 12.1 Å². The first-order chi connectivity index (χ1) is 5.74. The van der Waals surface area contributed by atoms with Gasteiger partial charge in [-0.1, -0.05) is 23.7 Å². The van der Waals surface area contributed by atoms with Crippen molar-refractivity contribution in [3.05, 3.63) is 29.3 Å². The molecule has 0 aliphatic heterocycles. The number of ether oxygens (including phenoxy) is 1. The zero-order valence-corrected chi connectivity index (χ0v) is 10.0. The molecule has 0 heterocycles. The maximum atomic E-state index is 10.7. The molecule has 0 spiro atoms. The number of halogens is 1. The summed E-state index contributed by atoms with van der Waals surface area (Å²) in [6.45, 7) is -0.148. The summed E-state index contributed by atoms with van der Waals surface area (Å²) in [5.41, 5.74) is 5.05. The van der Waals surface area contributed by atoms with Crippen LogP contribution in [0.15, 0.2) is 24.3 Å². The van der Waals surface area contributed by atoms with Crippen LogP contribution in [-0.4, -0.2) is 12.5 Å². The minimum absolute atomic E-state index is 0. The zero-order chi connectivity index (χ0) is 8.97. The summed E-state index contributed by atoms with van der Waals surface area (Å²) in [4.78, 5) is 10.7. The van der Waals surface area contributed by atoms with Crippen LogP contribution in [0, 0.1) is 0 Å². The first-order valence-corrected chi connectivity index (χ1v) is 3.77. The number of hydrogen-bond acceptors (Lipinski definition) is 3. The van der Waals surface area contributed by atoms with Gasteiger partial charge in [-0.2, -0.15) is 0 Å². The molecule has 0 amide bonds. The largest absolute Gasteiger partial charge is 1.00 e. The molecule has 0 saturated carbocycles. The summed E-state index contributed by atoms with van der Waals surface area (Å²) in [6.07, 6.45) is 0. The van der Waals surface area contributed by atoms with Crippen LogP contribution in [0.25, 0.3) is 0 Å². The van der Waals surface area contributed by atoms with Gasteiger partial charge in [-0.25, -0.2) is 0 Å². The van der Waals surface area contributed by atoms with E-state index in [0.717, 1.165) is 0 Å². The number of carbonyl (C=O) groups is 1. The van der Waals surface area contributed by atoms with E-state index < -0.39 is 5.97 Å². The summed E-state index contributed by atoms with van der Waals surface area (Å²) >= 11 is 5.71.